The number of hydrogen-bond donors (Lipinski definition) is 2. The Kier molecular flexibility index (Phi) is 6.81. The quantitative estimate of drug-likeness (QED) is 0.767. The fourth-order valence-corrected chi connectivity index (χ4v) is 2.25. The van der Waals surface area contributed by atoms with E-state index >= 15 is 0 Å². The smallest absolute Gasteiger partial charge is 0.239 e. The van der Waals surface area contributed by atoms with Crippen molar-refractivity contribution < 1.29 is 14.0 Å². The van der Waals surface area contributed by atoms with Crippen LogP contribution in [0.3, 0.4) is 0 Å². The number of oxazole rings is 1. The molecule has 2 aromatic rings. The van der Waals surface area contributed by atoms with Crippen LogP contribution in [0.1, 0.15) is 25.7 Å². The zero-order chi connectivity index (χ0) is 17.4. The van der Waals surface area contributed by atoms with Gasteiger partial charge in [0.25, 0.3) is 0 Å². The highest BCUT2D eigenvalue weighted by molar-refractivity contribution is 6.33. The Morgan fingerprint density at radius 2 is 2.00 bits per heavy atom. The van der Waals surface area contributed by atoms with E-state index in [1.165, 1.54) is 0 Å². The first kappa shape index (κ1) is 18.0. The number of nitrogens with zero attached hydrogens (tertiary/aromatic N) is 1. The van der Waals surface area contributed by atoms with E-state index in [-0.39, 0.29) is 24.8 Å². The number of hydrogen-bond acceptors (Lipinski definition) is 4. The van der Waals surface area contributed by atoms with E-state index in [0.717, 1.165) is 12.0 Å². The number of aromatic nitrogens is 1. The van der Waals surface area contributed by atoms with Gasteiger partial charge in [-0.2, -0.15) is 0 Å². The monoisotopic (exact) mass is 349 g/mol. The molecule has 0 fully saturated rings. The Bertz CT molecular complexity index is 700. The zero-order valence-electron chi connectivity index (χ0n) is 13.5. The van der Waals surface area contributed by atoms with Crippen LogP contribution in [0.2, 0.25) is 5.02 Å². The van der Waals surface area contributed by atoms with Gasteiger partial charge in [0.15, 0.2) is 11.7 Å². The topological polar surface area (TPSA) is 84.2 Å². The zero-order valence-corrected chi connectivity index (χ0v) is 14.2. The number of nitrogens with one attached hydrogen (secondary N) is 2. The maximum atomic E-state index is 11.7. The summed E-state index contributed by atoms with van der Waals surface area (Å²) in [5.41, 5.74) is 0.759. The molecule has 2 amide bonds. The molecule has 1 heterocycles. The van der Waals surface area contributed by atoms with Crippen LogP contribution in [0.5, 0.6) is 0 Å². The lowest BCUT2D eigenvalue weighted by Gasteiger charge is -2.05. The summed E-state index contributed by atoms with van der Waals surface area (Å²) in [5, 5.41) is 5.84. The number of carbonyl (C=O) groups excluding carboxylic acids is 2. The first-order valence-electron chi connectivity index (χ1n) is 7.83. The van der Waals surface area contributed by atoms with Gasteiger partial charge in [0.2, 0.25) is 11.8 Å². The highest BCUT2D eigenvalue weighted by Crippen LogP contribution is 2.28. The van der Waals surface area contributed by atoms with Gasteiger partial charge < -0.3 is 15.1 Å². The molecule has 6 nitrogen and oxygen atoms in total. The number of halogens is 1. The predicted molar refractivity (Wildman–Crippen MR) is 91.6 cm³/mol. The van der Waals surface area contributed by atoms with Gasteiger partial charge in [0.1, 0.15) is 0 Å². The Hall–Kier alpha value is -2.34. The molecule has 0 bridgehead atoms. The van der Waals surface area contributed by atoms with Crippen molar-refractivity contribution in [3.8, 4) is 11.3 Å². The van der Waals surface area contributed by atoms with E-state index in [4.69, 9.17) is 16.0 Å². The summed E-state index contributed by atoms with van der Waals surface area (Å²) in [6, 6.07) is 7.31. The molecule has 0 unspecified atom stereocenters. The highest BCUT2D eigenvalue weighted by atomic mass is 35.5. The second-order valence-electron chi connectivity index (χ2n) is 5.22. The molecule has 0 aliphatic rings. The Morgan fingerprint density at radius 1 is 1.21 bits per heavy atom. The minimum atomic E-state index is -0.223. The lowest BCUT2D eigenvalue weighted by Crippen LogP contribution is -2.37. The molecule has 0 spiro atoms. The van der Waals surface area contributed by atoms with Crippen molar-refractivity contribution in [3.05, 3.63) is 41.4 Å². The Morgan fingerprint density at radius 3 is 2.75 bits per heavy atom. The van der Waals surface area contributed by atoms with Gasteiger partial charge in [-0.3, -0.25) is 9.59 Å². The van der Waals surface area contributed by atoms with Gasteiger partial charge in [0.05, 0.1) is 17.8 Å². The lowest BCUT2D eigenvalue weighted by atomic mass is 10.2. The van der Waals surface area contributed by atoms with Crippen LogP contribution < -0.4 is 10.6 Å². The van der Waals surface area contributed by atoms with E-state index in [1.807, 2.05) is 25.1 Å². The molecule has 2 rings (SSSR count). The second-order valence-corrected chi connectivity index (χ2v) is 5.63. The largest absolute Gasteiger partial charge is 0.441 e. The van der Waals surface area contributed by atoms with E-state index in [1.54, 1.807) is 12.3 Å². The SMILES string of the molecule is CCCNC(=O)CNC(=O)CCc1ncc(-c2ccccc2Cl)o1. The molecule has 0 aliphatic heterocycles. The van der Waals surface area contributed by atoms with Crippen LogP contribution in [-0.4, -0.2) is 29.9 Å². The van der Waals surface area contributed by atoms with Crippen LogP contribution in [0.4, 0.5) is 0 Å². The average molecular weight is 350 g/mol. The molecule has 0 atom stereocenters. The van der Waals surface area contributed by atoms with Gasteiger partial charge in [-0.05, 0) is 18.6 Å². The van der Waals surface area contributed by atoms with Gasteiger partial charge >= 0.3 is 0 Å². The fourth-order valence-electron chi connectivity index (χ4n) is 2.03. The van der Waals surface area contributed by atoms with Crippen LogP contribution in [0.15, 0.2) is 34.9 Å². The maximum Gasteiger partial charge on any atom is 0.239 e. The van der Waals surface area contributed by atoms with Crippen molar-refractivity contribution in [3.63, 3.8) is 0 Å². The summed E-state index contributed by atoms with van der Waals surface area (Å²) in [4.78, 5) is 27.3. The number of aryl methyl sites for hydroxylation is 1. The summed E-state index contributed by atoms with van der Waals surface area (Å²) in [5.74, 6) is 0.604. The minimum absolute atomic E-state index is 0.0186. The van der Waals surface area contributed by atoms with Crippen LogP contribution in [0, 0.1) is 0 Å². The molecule has 1 aromatic heterocycles. The molecule has 2 N–H and O–H groups in total. The van der Waals surface area contributed by atoms with Gasteiger partial charge in [-0.15, -0.1) is 0 Å². The molecule has 24 heavy (non-hydrogen) atoms. The highest BCUT2D eigenvalue weighted by Gasteiger charge is 2.11. The number of carbonyl (C=O) groups is 2. The molecule has 0 radical (unpaired) electrons. The molecule has 7 heteroatoms. The Balaban J connectivity index is 1.80. The van der Waals surface area contributed by atoms with E-state index in [0.29, 0.717) is 29.6 Å². The first-order valence-corrected chi connectivity index (χ1v) is 8.21. The van der Waals surface area contributed by atoms with Crippen molar-refractivity contribution >= 4 is 23.4 Å². The van der Waals surface area contributed by atoms with Gasteiger partial charge in [-0.1, -0.05) is 30.7 Å². The van der Waals surface area contributed by atoms with Crippen molar-refractivity contribution in [2.75, 3.05) is 13.1 Å². The van der Waals surface area contributed by atoms with Crippen molar-refractivity contribution in [1.82, 2.24) is 15.6 Å². The molecule has 128 valence electrons. The third-order valence-corrected chi connectivity index (χ3v) is 3.61. The molecule has 1 aromatic carbocycles. The molecule has 0 saturated carbocycles. The van der Waals surface area contributed by atoms with Crippen LogP contribution in [-0.2, 0) is 16.0 Å². The normalized spacial score (nSPS) is 10.4. The molecular weight excluding hydrogens is 330 g/mol. The summed E-state index contributed by atoms with van der Waals surface area (Å²) in [6.07, 6.45) is 3.00. The third kappa shape index (κ3) is 5.38. The number of amides is 2. The summed E-state index contributed by atoms with van der Waals surface area (Å²) < 4.78 is 5.62. The third-order valence-electron chi connectivity index (χ3n) is 3.28. The van der Waals surface area contributed by atoms with Crippen molar-refractivity contribution in [1.29, 1.82) is 0 Å². The van der Waals surface area contributed by atoms with Gasteiger partial charge in [0, 0.05) is 24.9 Å². The first-order chi connectivity index (χ1) is 11.6. The predicted octanol–water partition coefficient (Wildman–Crippen LogP) is 2.57. The molecule has 0 saturated heterocycles. The van der Waals surface area contributed by atoms with E-state index in [2.05, 4.69) is 15.6 Å². The van der Waals surface area contributed by atoms with Gasteiger partial charge in [-0.25, -0.2) is 4.98 Å². The number of rotatable bonds is 8. The Labute approximate surface area is 145 Å². The lowest BCUT2D eigenvalue weighted by molar-refractivity contribution is -0.126. The number of benzene rings is 1. The van der Waals surface area contributed by atoms with Crippen LogP contribution in [0.25, 0.3) is 11.3 Å². The minimum Gasteiger partial charge on any atom is -0.441 e. The fraction of sp³-hybridized carbons (Fsp3) is 0.353. The maximum absolute atomic E-state index is 11.7. The second kappa shape index (κ2) is 9.08. The van der Waals surface area contributed by atoms with Crippen molar-refractivity contribution in [2.45, 2.75) is 26.2 Å². The van der Waals surface area contributed by atoms with Crippen LogP contribution >= 0.6 is 11.6 Å². The van der Waals surface area contributed by atoms with E-state index in [9.17, 15) is 9.59 Å². The van der Waals surface area contributed by atoms with E-state index < -0.39 is 0 Å². The average Bonchev–Trinajstić information content (AvgIpc) is 3.05. The summed E-state index contributed by atoms with van der Waals surface area (Å²) in [6.45, 7) is 2.55. The molecular formula is C17H20ClN3O3. The summed E-state index contributed by atoms with van der Waals surface area (Å²) >= 11 is 6.11. The standard InChI is InChI=1S/C17H20ClN3O3/c1-2-9-19-16(23)11-20-15(22)7-8-17-21-10-14(24-17)12-5-3-4-6-13(12)18/h3-6,10H,2,7-9,11H2,1H3,(H,19,23)(H,20,22). The molecule has 0 aliphatic carbocycles. The summed E-state index contributed by atoms with van der Waals surface area (Å²) in [7, 11) is 0. The van der Waals surface area contributed by atoms with Crippen molar-refractivity contribution in [2.24, 2.45) is 0 Å².